The molecule has 0 aliphatic heterocycles. The van der Waals surface area contributed by atoms with Crippen LogP contribution in [0.5, 0.6) is 0 Å². The fourth-order valence-corrected chi connectivity index (χ4v) is 3.69. The molecule has 2 bridgehead atoms. The largest absolute Gasteiger partial charge is 0.481 e. The normalized spacial score (nSPS) is 43.0. The number of carboxylic acids is 1. The monoisotopic (exact) mass is 265 g/mol. The summed E-state index contributed by atoms with van der Waals surface area (Å²) in [6, 6.07) is 0.148. The lowest BCUT2D eigenvalue weighted by atomic mass is 9.81. The second-order valence-corrected chi connectivity index (χ2v) is 5.87. The van der Waals surface area contributed by atoms with Gasteiger partial charge in [-0.25, -0.2) is 0 Å². The summed E-state index contributed by atoms with van der Waals surface area (Å²) in [7, 11) is 1.67. The lowest BCUT2D eigenvalue weighted by Gasteiger charge is -2.36. The highest BCUT2D eigenvalue weighted by molar-refractivity contribution is 5.87. The molecule has 0 aromatic rings. The maximum absolute atomic E-state index is 12.3. The number of methoxy groups -OCH3 is 1. The third-order valence-electron chi connectivity index (χ3n) is 4.82. The number of hydrogen-bond donors (Lipinski definition) is 2. The number of carbonyl (C=O) groups is 2. The molecule has 0 radical (unpaired) electrons. The molecule has 0 spiro atoms. The van der Waals surface area contributed by atoms with E-state index in [0.29, 0.717) is 0 Å². The molecule has 104 valence electrons. The Morgan fingerprint density at radius 2 is 1.79 bits per heavy atom. The van der Waals surface area contributed by atoms with Gasteiger partial charge >= 0.3 is 5.97 Å². The van der Waals surface area contributed by atoms with Crippen molar-refractivity contribution in [3.05, 3.63) is 12.2 Å². The highest BCUT2D eigenvalue weighted by Gasteiger charge is 2.52. The quantitative estimate of drug-likeness (QED) is 0.737. The van der Waals surface area contributed by atoms with Crippen LogP contribution in [0.1, 0.15) is 19.3 Å². The van der Waals surface area contributed by atoms with E-state index in [-0.39, 0.29) is 29.9 Å². The summed E-state index contributed by atoms with van der Waals surface area (Å²) in [5.41, 5.74) is 0. The molecule has 3 rings (SSSR count). The van der Waals surface area contributed by atoms with Crippen molar-refractivity contribution < 1.29 is 19.4 Å². The van der Waals surface area contributed by atoms with Crippen molar-refractivity contribution in [2.24, 2.45) is 23.7 Å². The summed E-state index contributed by atoms with van der Waals surface area (Å²) >= 11 is 0. The Morgan fingerprint density at radius 3 is 2.37 bits per heavy atom. The molecule has 19 heavy (non-hydrogen) atoms. The molecule has 4 atom stereocenters. The Kier molecular flexibility index (Phi) is 3.09. The van der Waals surface area contributed by atoms with Gasteiger partial charge in [-0.1, -0.05) is 12.2 Å². The van der Waals surface area contributed by atoms with Crippen LogP contribution in [-0.2, 0) is 14.3 Å². The number of allylic oxidation sites excluding steroid dienone is 2. The first-order valence-electron chi connectivity index (χ1n) is 6.84. The number of amides is 1. The summed E-state index contributed by atoms with van der Waals surface area (Å²) < 4.78 is 5.18. The molecule has 2 N–H and O–H groups in total. The lowest BCUT2D eigenvalue weighted by Crippen LogP contribution is -2.51. The fraction of sp³-hybridized carbons (Fsp3) is 0.714. The Labute approximate surface area is 112 Å². The van der Waals surface area contributed by atoms with E-state index in [4.69, 9.17) is 4.74 Å². The highest BCUT2D eigenvalue weighted by atomic mass is 16.5. The van der Waals surface area contributed by atoms with Gasteiger partial charge in [0.2, 0.25) is 5.91 Å². The predicted octanol–water partition coefficient (Wildman–Crippen LogP) is 0.803. The van der Waals surface area contributed by atoms with Gasteiger partial charge in [0.15, 0.2) is 0 Å². The minimum absolute atomic E-state index is 0.0337. The van der Waals surface area contributed by atoms with Crippen molar-refractivity contribution in [2.75, 3.05) is 7.11 Å². The number of aliphatic carboxylic acids is 1. The van der Waals surface area contributed by atoms with Crippen molar-refractivity contribution in [3.63, 3.8) is 0 Å². The smallest absolute Gasteiger partial charge is 0.307 e. The van der Waals surface area contributed by atoms with Crippen LogP contribution in [0.2, 0.25) is 0 Å². The molecule has 2 fully saturated rings. The van der Waals surface area contributed by atoms with Gasteiger partial charge in [-0.3, -0.25) is 9.59 Å². The van der Waals surface area contributed by atoms with Crippen LogP contribution < -0.4 is 5.32 Å². The van der Waals surface area contributed by atoms with Gasteiger partial charge < -0.3 is 15.2 Å². The molecule has 3 aliphatic carbocycles. The number of fused-ring (bicyclic) bond motifs is 2. The van der Waals surface area contributed by atoms with Crippen molar-refractivity contribution in [2.45, 2.75) is 31.4 Å². The fourth-order valence-electron chi connectivity index (χ4n) is 3.69. The van der Waals surface area contributed by atoms with E-state index in [1.165, 1.54) is 0 Å². The summed E-state index contributed by atoms with van der Waals surface area (Å²) in [6.45, 7) is 0. The third-order valence-corrected chi connectivity index (χ3v) is 4.82. The standard InChI is InChI=1S/C14H19NO4/c1-19-10-5-9(6-10)15-13(16)11-7-2-3-8(4-7)12(11)14(17)18/h2-3,7-12H,4-6H2,1H3,(H,15,16)(H,17,18). The molecular formula is C14H19NO4. The number of hydrogen-bond acceptors (Lipinski definition) is 3. The van der Waals surface area contributed by atoms with Crippen molar-refractivity contribution in [1.82, 2.24) is 5.32 Å². The van der Waals surface area contributed by atoms with Crippen LogP contribution in [0.4, 0.5) is 0 Å². The molecule has 2 saturated carbocycles. The topological polar surface area (TPSA) is 75.6 Å². The number of nitrogens with one attached hydrogen (secondary N) is 1. The Balaban J connectivity index is 1.63. The second-order valence-electron chi connectivity index (χ2n) is 5.87. The van der Waals surface area contributed by atoms with Crippen LogP contribution in [0.3, 0.4) is 0 Å². The van der Waals surface area contributed by atoms with Crippen LogP contribution >= 0.6 is 0 Å². The van der Waals surface area contributed by atoms with Gasteiger partial charge in [0.05, 0.1) is 17.9 Å². The van der Waals surface area contributed by atoms with Crippen molar-refractivity contribution in [1.29, 1.82) is 0 Å². The van der Waals surface area contributed by atoms with Gasteiger partial charge in [0.1, 0.15) is 0 Å². The van der Waals surface area contributed by atoms with E-state index >= 15 is 0 Å². The number of carboxylic acid groups (broad SMARTS) is 1. The second kappa shape index (κ2) is 4.63. The molecule has 4 unspecified atom stereocenters. The molecule has 3 aliphatic rings. The predicted molar refractivity (Wildman–Crippen MR) is 67.3 cm³/mol. The Hall–Kier alpha value is -1.36. The maximum Gasteiger partial charge on any atom is 0.307 e. The highest BCUT2D eigenvalue weighted by Crippen LogP contribution is 2.48. The number of rotatable bonds is 4. The number of ether oxygens (including phenoxy) is 1. The Morgan fingerprint density at radius 1 is 1.16 bits per heavy atom. The summed E-state index contributed by atoms with van der Waals surface area (Å²) in [6.07, 6.45) is 6.67. The summed E-state index contributed by atoms with van der Waals surface area (Å²) in [4.78, 5) is 23.6. The average Bonchev–Trinajstić information content (AvgIpc) is 2.92. The first-order valence-corrected chi connectivity index (χ1v) is 6.84. The van der Waals surface area contributed by atoms with E-state index < -0.39 is 17.8 Å². The van der Waals surface area contributed by atoms with Crippen LogP contribution in [0.15, 0.2) is 12.2 Å². The first kappa shape index (κ1) is 12.7. The Bertz CT molecular complexity index is 427. The lowest BCUT2D eigenvalue weighted by molar-refractivity contribution is -0.148. The van der Waals surface area contributed by atoms with E-state index in [2.05, 4.69) is 5.32 Å². The first-order chi connectivity index (χ1) is 9.10. The minimum atomic E-state index is -0.847. The zero-order valence-corrected chi connectivity index (χ0v) is 10.9. The van der Waals surface area contributed by atoms with E-state index in [1.54, 1.807) is 7.11 Å². The molecule has 0 saturated heterocycles. The minimum Gasteiger partial charge on any atom is -0.481 e. The maximum atomic E-state index is 12.3. The molecule has 0 heterocycles. The average molecular weight is 265 g/mol. The zero-order chi connectivity index (χ0) is 13.6. The summed E-state index contributed by atoms with van der Waals surface area (Å²) in [5.74, 6) is -1.75. The van der Waals surface area contributed by atoms with Crippen molar-refractivity contribution >= 4 is 11.9 Å². The molecule has 1 amide bonds. The number of carbonyl (C=O) groups excluding carboxylic acids is 1. The van der Waals surface area contributed by atoms with Crippen molar-refractivity contribution in [3.8, 4) is 0 Å². The van der Waals surface area contributed by atoms with Gasteiger partial charge in [-0.15, -0.1) is 0 Å². The molecular weight excluding hydrogens is 246 g/mol. The van der Waals surface area contributed by atoms with E-state index in [9.17, 15) is 14.7 Å². The molecule has 0 aromatic carbocycles. The van der Waals surface area contributed by atoms with E-state index in [0.717, 1.165) is 19.3 Å². The van der Waals surface area contributed by atoms with Gasteiger partial charge in [-0.05, 0) is 31.1 Å². The molecule has 5 nitrogen and oxygen atoms in total. The molecule has 0 aromatic heterocycles. The summed E-state index contributed by atoms with van der Waals surface area (Å²) in [5, 5.41) is 12.3. The van der Waals surface area contributed by atoms with Gasteiger partial charge in [-0.2, -0.15) is 0 Å². The van der Waals surface area contributed by atoms with E-state index in [1.807, 2.05) is 12.2 Å². The molecule has 5 heteroatoms. The van der Waals surface area contributed by atoms with Crippen LogP contribution in [-0.4, -0.2) is 36.2 Å². The van der Waals surface area contributed by atoms with Gasteiger partial charge in [0, 0.05) is 13.2 Å². The van der Waals surface area contributed by atoms with Crippen LogP contribution in [0.25, 0.3) is 0 Å². The van der Waals surface area contributed by atoms with Crippen LogP contribution in [0, 0.1) is 23.7 Å². The zero-order valence-electron chi connectivity index (χ0n) is 10.9. The van der Waals surface area contributed by atoms with Gasteiger partial charge in [0.25, 0.3) is 0 Å². The SMILES string of the molecule is COC1CC(NC(=O)C2C3C=CC(C3)C2C(=O)O)C1. The third kappa shape index (κ3) is 2.06.